The van der Waals surface area contributed by atoms with Crippen molar-refractivity contribution in [1.29, 1.82) is 0 Å². The Labute approximate surface area is 128 Å². The number of aromatic carboxylic acids is 1. The Kier molecular flexibility index (Phi) is 5.37. The molecule has 8 heteroatoms. The molecule has 0 aliphatic heterocycles. The average Bonchev–Trinajstić information content (AvgIpc) is 2.96. The molecule has 1 aromatic rings. The topological polar surface area (TPSA) is 94.9 Å². The van der Waals surface area contributed by atoms with Gasteiger partial charge in [0.2, 0.25) is 0 Å². The molecule has 2 N–H and O–H groups in total. The number of sulfonamides is 1. The molecule has 1 saturated carbocycles. The van der Waals surface area contributed by atoms with E-state index in [-0.39, 0.29) is 29.0 Å². The average molecular weight is 333 g/mol. The highest BCUT2D eigenvalue weighted by atomic mass is 32.2. The molecule has 0 spiro atoms. The lowest BCUT2D eigenvalue weighted by Crippen LogP contribution is -2.42. The Balaban J connectivity index is 2.29. The summed E-state index contributed by atoms with van der Waals surface area (Å²) in [7, 11) is -3.75. The fourth-order valence-corrected chi connectivity index (χ4v) is 5.60. The van der Waals surface area contributed by atoms with Crippen molar-refractivity contribution < 1.29 is 23.4 Å². The maximum atomic E-state index is 12.7. The minimum Gasteiger partial charge on any atom is -0.478 e. The first-order chi connectivity index (χ1) is 9.96. The lowest BCUT2D eigenvalue weighted by Gasteiger charge is -2.32. The van der Waals surface area contributed by atoms with Crippen LogP contribution in [0, 0.1) is 0 Å². The summed E-state index contributed by atoms with van der Waals surface area (Å²) in [6.45, 7) is -0.194. The smallest absolute Gasteiger partial charge is 0.336 e. The lowest BCUT2D eigenvalue weighted by atomic mass is 9.95. The molecule has 2 rings (SSSR count). The number of aliphatic hydroxyl groups is 1. The summed E-state index contributed by atoms with van der Waals surface area (Å²) in [6, 6.07) is 1.08. The number of nitrogens with zero attached hydrogens (tertiary/aromatic N) is 1. The van der Waals surface area contributed by atoms with Gasteiger partial charge in [-0.25, -0.2) is 13.2 Å². The van der Waals surface area contributed by atoms with Crippen LogP contribution in [0.3, 0.4) is 0 Å². The third-order valence-corrected chi connectivity index (χ3v) is 7.05. The summed E-state index contributed by atoms with van der Waals surface area (Å²) in [4.78, 5) is 10.9. The quantitative estimate of drug-likeness (QED) is 0.827. The summed E-state index contributed by atoms with van der Waals surface area (Å²) in [5.41, 5.74) is -0.0221. The van der Waals surface area contributed by atoms with Crippen LogP contribution < -0.4 is 0 Å². The highest BCUT2D eigenvalue weighted by Crippen LogP contribution is 2.30. The first-order valence-electron chi connectivity index (χ1n) is 6.91. The van der Waals surface area contributed by atoms with E-state index in [1.165, 1.54) is 15.8 Å². The van der Waals surface area contributed by atoms with Gasteiger partial charge in [-0.2, -0.15) is 4.31 Å². The Bertz CT molecular complexity index is 589. The third-order valence-electron chi connectivity index (χ3n) is 3.69. The zero-order valence-electron chi connectivity index (χ0n) is 11.6. The number of carboxylic acids is 1. The van der Waals surface area contributed by atoms with Crippen molar-refractivity contribution in [2.75, 3.05) is 13.2 Å². The van der Waals surface area contributed by atoms with Gasteiger partial charge < -0.3 is 10.2 Å². The molecule has 0 unspecified atom stereocenters. The second-order valence-corrected chi connectivity index (χ2v) is 8.12. The van der Waals surface area contributed by atoms with E-state index in [0.717, 1.165) is 43.4 Å². The largest absolute Gasteiger partial charge is 0.478 e. The summed E-state index contributed by atoms with van der Waals surface area (Å²) >= 11 is 0.911. The predicted molar refractivity (Wildman–Crippen MR) is 79.1 cm³/mol. The molecule has 1 fully saturated rings. The highest BCUT2D eigenvalue weighted by molar-refractivity contribution is 7.91. The third kappa shape index (κ3) is 3.63. The number of carbonyl (C=O) groups is 1. The molecule has 0 radical (unpaired) electrons. The Morgan fingerprint density at radius 2 is 2.00 bits per heavy atom. The monoisotopic (exact) mass is 333 g/mol. The predicted octanol–water partition coefficient (Wildman–Crippen LogP) is 1.76. The van der Waals surface area contributed by atoms with Crippen LogP contribution in [0.2, 0.25) is 0 Å². The maximum absolute atomic E-state index is 12.7. The van der Waals surface area contributed by atoms with Crippen LogP contribution in [0.15, 0.2) is 15.7 Å². The molecular formula is C13H19NO5S2. The van der Waals surface area contributed by atoms with E-state index in [2.05, 4.69) is 0 Å². The van der Waals surface area contributed by atoms with Crippen LogP contribution in [-0.2, 0) is 10.0 Å². The van der Waals surface area contributed by atoms with Crippen LogP contribution in [0.5, 0.6) is 0 Å². The van der Waals surface area contributed by atoms with Crippen LogP contribution in [0.1, 0.15) is 42.5 Å². The van der Waals surface area contributed by atoms with E-state index < -0.39 is 16.0 Å². The van der Waals surface area contributed by atoms with Gasteiger partial charge in [-0.1, -0.05) is 19.3 Å². The fourth-order valence-electron chi connectivity index (χ4n) is 2.65. The minimum atomic E-state index is -3.75. The number of aliphatic hydroxyl groups excluding tert-OH is 1. The molecule has 0 amide bonds. The molecule has 0 atom stereocenters. The van der Waals surface area contributed by atoms with Gasteiger partial charge in [-0.15, -0.1) is 11.3 Å². The van der Waals surface area contributed by atoms with Gasteiger partial charge in [-0.05, 0) is 18.9 Å². The van der Waals surface area contributed by atoms with E-state index in [1.54, 1.807) is 0 Å². The van der Waals surface area contributed by atoms with Crippen LogP contribution in [0.4, 0.5) is 0 Å². The maximum Gasteiger partial charge on any atom is 0.336 e. The second-order valence-electron chi connectivity index (χ2n) is 5.09. The molecule has 1 aliphatic carbocycles. The zero-order valence-corrected chi connectivity index (χ0v) is 13.2. The minimum absolute atomic E-state index is 0.0221. The number of carboxylic acid groups (broad SMARTS) is 1. The van der Waals surface area contributed by atoms with Gasteiger partial charge in [0.1, 0.15) is 4.21 Å². The zero-order chi connectivity index (χ0) is 15.5. The molecule has 1 aliphatic rings. The van der Waals surface area contributed by atoms with E-state index >= 15 is 0 Å². The van der Waals surface area contributed by atoms with Gasteiger partial charge in [-0.3, -0.25) is 0 Å². The Hall–Kier alpha value is -0.960. The van der Waals surface area contributed by atoms with Gasteiger partial charge >= 0.3 is 5.97 Å². The summed E-state index contributed by atoms with van der Waals surface area (Å²) in [6.07, 6.45) is 4.64. The van der Waals surface area contributed by atoms with Gasteiger partial charge in [0.05, 0.1) is 12.2 Å². The van der Waals surface area contributed by atoms with Crippen LogP contribution in [-0.4, -0.2) is 48.1 Å². The van der Waals surface area contributed by atoms with Crippen molar-refractivity contribution in [3.8, 4) is 0 Å². The molecule has 118 valence electrons. The van der Waals surface area contributed by atoms with E-state index in [1.807, 2.05) is 0 Å². The lowest BCUT2D eigenvalue weighted by molar-refractivity contribution is 0.0697. The second kappa shape index (κ2) is 6.87. The van der Waals surface area contributed by atoms with E-state index in [0.29, 0.717) is 0 Å². The number of hydrogen-bond acceptors (Lipinski definition) is 5. The molecule has 0 bridgehead atoms. The number of hydrogen-bond donors (Lipinski definition) is 2. The first kappa shape index (κ1) is 16.4. The van der Waals surface area contributed by atoms with Crippen LogP contribution in [0.25, 0.3) is 0 Å². The van der Waals surface area contributed by atoms with Crippen molar-refractivity contribution in [2.24, 2.45) is 0 Å². The number of rotatable bonds is 6. The molecule has 0 saturated heterocycles. The van der Waals surface area contributed by atoms with Crippen molar-refractivity contribution >= 4 is 27.3 Å². The molecule has 21 heavy (non-hydrogen) atoms. The van der Waals surface area contributed by atoms with Crippen molar-refractivity contribution in [3.05, 3.63) is 17.0 Å². The van der Waals surface area contributed by atoms with Gasteiger partial charge in [0.15, 0.2) is 0 Å². The van der Waals surface area contributed by atoms with E-state index in [4.69, 9.17) is 5.11 Å². The summed E-state index contributed by atoms with van der Waals surface area (Å²) < 4.78 is 26.7. The highest BCUT2D eigenvalue weighted by Gasteiger charge is 2.33. The Morgan fingerprint density at radius 1 is 1.33 bits per heavy atom. The molecule has 1 heterocycles. The SMILES string of the molecule is O=C(O)c1csc(S(=O)(=O)N(CCO)C2CCCCC2)c1. The molecule has 0 aromatic carbocycles. The Morgan fingerprint density at radius 3 is 2.52 bits per heavy atom. The first-order valence-corrected chi connectivity index (χ1v) is 9.23. The summed E-state index contributed by atoms with van der Waals surface area (Å²) in [5.74, 6) is -1.14. The number of thiophene rings is 1. The standard InChI is InChI=1S/C13H19NO5S2/c15-7-6-14(11-4-2-1-3-5-11)21(18,19)12-8-10(9-20-12)13(16)17/h8-9,11,15H,1-7H2,(H,16,17). The fraction of sp³-hybridized carbons (Fsp3) is 0.615. The van der Waals surface area contributed by atoms with Gasteiger partial charge in [0.25, 0.3) is 10.0 Å². The molecular weight excluding hydrogens is 314 g/mol. The molecule has 1 aromatic heterocycles. The van der Waals surface area contributed by atoms with Crippen molar-refractivity contribution in [1.82, 2.24) is 4.31 Å². The normalized spacial score (nSPS) is 17.2. The van der Waals surface area contributed by atoms with Crippen molar-refractivity contribution in [3.63, 3.8) is 0 Å². The molecule has 6 nitrogen and oxygen atoms in total. The van der Waals surface area contributed by atoms with Crippen molar-refractivity contribution in [2.45, 2.75) is 42.4 Å². The van der Waals surface area contributed by atoms with E-state index in [9.17, 15) is 18.3 Å². The van der Waals surface area contributed by atoms with Crippen LogP contribution >= 0.6 is 11.3 Å². The summed E-state index contributed by atoms with van der Waals surface area (Å²) in [5, 5.41) is 19.4. The van der Waals surface area contributed by atoms with Gasteiger partial charge in [0, 0.05) is 18.0 Å².